The summed E-state index contributed by atoms with van der Waals surface area (Å²) in [5.41, 5.74) is -1.59. The molecule has 0 aromatic rings. The molecule has 0 heterocycles. The van der Waals surface area contributed by atoms with Gasteiger partial charge >= 0.3 is 11.9 Å². The molecule has 0 aliphatic rings. The second-order valence-corrected chi connectivity index (χ2v) is 4.70. The molecule has 0 aromatic carbocycles. The summed E-state index contributed by atoms with van der Waals surface area (Å²) in [7, 11) is 0. The van der Waals surface area contributed by atoms with Crippen LogP contribution in [0, 0.1) is 0 Å². The van der Waals surface area contributed by atoms with Crippen LogP contribution in [0.1, 0.15) is 58.8 Å². The zero-order valence-electron chi connectivity index (χ0n) is 11.4. The molecule has 0 rings (SSSR count). The second kappa shape index (κ2) is 8.86. The van der Waals surface area contributed by atoms with E-state index < -0.39 is 17.5 Å². The first-order chi connectivity index (χ1) is 8.44. The molecule has 18 heavy (non-hydrogen) atoms. The third-order valence-corrected chi connectivity index (χ3v) is 2.82. The van der Waals surface area contributed by atoms with Crippen LogP contribution in [-0.2, 0) is 14.3 Å². The van der Waals surface area contributed by atoms with Crippen molar-refractivity contribution in [2.45, 2.75) is 64.4 Å². The number of ether oxygens (including phenoxy) is 1. The summed E-state index contributed by atoms with van der Waals surface area (Å²) in [6.45, 7) is 6.71. The summed E-state index contributed by atoms with van der Waals surface area (Å²) in [5.74, 6) is -1.73. The number of carbonyl (C=O) groups excluding carboxylic acids is 2. The van der Waals surface area contributed by atoms with E-state index >= 15 is 0 Å². The van der Waals surface area contributed by atoms with Crippen LogP contribution >= 0.6 is 0 Å². The average Bonchev–Trinajstić information content (AvgIpc) is 2.33. The van der Waals surface area contributed by atoms with E-state index in [1.807, 2.05) is 0 Å². The van der Waals surface area contributed by atoms with Gasteiger partial charge in [-0.25, -0.2) is 9.59 Å². The summed E-state index contributed by atoms with van der Waals surface area (Å²) in [6.07, 6.45) is 7.61. The minimum absolute atomic E-state index is 0.308. The highest BCUT2D eigenvalue weighted by molar-refractivity contribution is 5.94. The fourth-order valence-corrected chi connectivity index (χ4v) is 1.59. The predicted molar refractivity (Wildman–Crippen MR) is 69.9 cm³/mol. The maximum atomic E-state index is 11.5. The standard InChI is InChI=1S/C14H24O4/c1-4-6-7-8-9-10-11-14(3,17)13(16)18-12(15)5-2/h5,17H,2,4,6-11H2,1,3H3. The van der Waals surface area contributed by atoms with Crippen LogP contribution in [0.3, 0.4) is 0 Å². The van der Waals surface area contributed by atoms with E-state index in [9.17, 15) is 14.7 Å². The van der Waals surface area contributed by atoms with Crippen molar-refractivity contribution in [2.24, 2.45) is 0 Å². The summed E-state index contributed by atoms with van der Waals surface area (Å²) >= 11 is 0. The molecular weight excluding hydrogens is 232 g/mol. The zero-order valence-corrected chi connectivity index (χ0v) is 11.4. The number of esters is 2. The Bertz CT molecular complexity index is 282. The van der Waals surface area contributed by atoms with E-state index in [0.717, 1.165) is 25.3 Å². The molecule has 0 bridgehead atoms. The highest BCUT2D eigenvalue weighted by atomic mass is 16.6. The van der Waals surface area contributed by atoms with Gasteiger partial charge < -0.3 is 9.84 Å². The molecule has 0 saturated heterocycles. The van der Waals surface area contributed by atoms with Crippen molar-refractivity contribution in [3.63, 3.8) is 0 Å². The summed E-state index contributed by atoms with van der Waals surface area (Å²) in [5, 5.41) is 9.87. The van der Waals surface area contributed by atoms with Crippen molar-refractivity contribution in [3.05, 3.63) is 12.7 Å². The van der Waals surface area contributed by atoms with Gasteiger partial charge in [0.1, 0.15) is 0 Å². The largest absolute Gasteiger partial charge is 0.388 e. The fourth-order valence-electron chi connectivity index (χ4n) is 1.59. The smallest absolute Gasteiger partial charge is 0.345 e. The molecule has 0 amide bonds. The van der Waals surface area contributed by atoms with Crippen molar-refractivity contribution in [2.75, 3.05) is 0 Å². The Labute approximate surface area is 109 Å². The van der Waals surface area contributed by atoms with Gasteiger partial charge in [-0.1, -0.05) is 45.6 Å². The van der Waals surface area contributed by atoms with Crippen molar-refractivity contribution in [3.8, 4) is 0 Å². The minimum Gasteiger partial charge on any atom is -0.388 e. The topological polar surface area (TPSA) is 63.6 Å². The summed E-state index contributed by atoms with van der Waals surface area (Å²) in [4.78, 5) is 22.3. The SMILES string of the molecule is C=CC(=O)OC(=O)C(C)(O)CCCCCCCC. The monoisotopic (exact) mass is 256 g/mol. The van der Waals surface area contributed by atoms with E-state index in [0.29, 0.717) is 6.42 Å². The van der Waals surface area contributed by atoms with Crippen LogP contribution in [0.15, 0.2) is 12.7 Å². The molecule has 0 fully saturated rings. The number of unbranched alkanes of at least 4 members (excludes halogenated alkanes) is 5. The van der Waals surface area contributed by atoms with Gasteiger partial charge in [0.25, 0.3) is 0 Å². The maximum absolute atomic E-state index is 11.5. The van der Waals surface area contributed by atoms with Gasteiger partial charge in [0.2, 0.25) is 0 Å². The normalized spacial score (nSPS) is 13.7. The molecule has 0 aromatic heterocycles. The number of hydrogen-bond donors (Lipinski definition) is 1. The molecule has 104 valence electrons. The number of rotatable bonds is 9. The molecule has 0 aliphatic heterocycles. The van der Waals surface area contributed by atoms with Gasteiger partial charge in [0.05, 0.1) is 0 Å². The van der Waals surface area contributed by atoms with Gasteiger partial charge in [0.15, 0.2) is 5.60 Å². The molecule has 1 N–H and O–H groups in total. The molecule has 1 atom stereocenters. The van der Waals surface area contributed by atoms with Gasteiger partial charge in [-0.05, 0) is 19.8 Å². The highest BCUT2D eigenvalue weighted by Gasteiger charge is 2.32. The van der Waals surface area contributed by atoms with Gasteiger partial charge in [-0.2, -0.15) is 0 Å². The van der Waals surface area contributed by atoms with Crippen molar-refractivity contribution >= 4 is 11.9 Å². The lowest BCUT2D eigenvalue weighted by molar-refractivity contribution is -0.170. The Morgan fingerprint density at radius 2 is 1.78 bits per heavy atom. The van der Waals surface area contributed by atoms with E-state index in [2.05, 4.69) is 18.2 Å². The zero-order chi connectivity index (χ0) is 14.0. The Hall–Kier alpha value is -1.16. The average molecular weight is 256 g/mol. The molecular formula is C14H24O4. The van der Waals surface area contributed by atoms with E-state index in [4.69, 9.17) is 0 Å². The molecule has 0 spiro atoms. The summed E-state index contributed by atoms with van der Waals surface area (Å²) in [6, 6.07) is 0. The van der Waals surface area contributed by atoms with Crippen LogP contribution in [0.4, 0.5) is 0 Å². The first-order valence-electron chi connectivity index (χ1n) is 6.55. The first kappa shape index (κ1) is 16.8. The lowest BCUT2D eigenvalue weighted by Crippen LogP contribution is -2.37. The minimum atomic E-state index is -1.59. The van der Waals surface area contributed by atoms with Crippen molar-refractivity contribution in [1.29, 1.82) is 0 Å². The van der Waals surface area contributed by atoms with Crippen LogP contribution in [-0.4, -0.2) is 22.6 Å². The molecule has 0 radical (unpaired) electrons. The van der Waals surface area contributed by atoms with Gasteiger partial charge in [0, 0.05) is 6.08 Å². The van der Waals surface area contributed by atoms with Crippen LogP contribution in [0.25, 0.3) is 0 Å². The lowest BCUT2D eigenvalue weighted by atomic mass is 9.98. The number of hydrogen-bond acceptors (Lipinski definition) is 4. The quantitative estimate of drug-likeness (QED) is 0.298. The number of aliphatic hydroxyl groups is 1. The van der Waals surface area contributed by atoms with Gasteiger partial charge in [-0.15, -0.1) is 0 Å². The van der Waals surface area contributed by atoms with Crippen LogP contribution in [0.5, 0.6) is 0 Å². The van der Waals surface area contributed by atoms with E-state index in [-0.39, 0.29) is 0 Å². The Kier molecular flexibility index (Phi) is 8.29. The fraction of sp³-hybridized carbons (Fsp3) is 0.714. The third-order valence-electron chi connectivity index (χ3n) is 2.82. The number of carbonyl (C=O) groups is 2. The first-order valence-corrected chi connectivity index (χ1v) is 6.55. The van der Waals surface area contributed by atoms with Crippen LogP contribution < -0.4 is 0 Å². The highest BCUT2D eigenvalue weighted by Crippen LogP contribution is 2.17. The molecule has 0 saturated carbocycles. The lowest BCUT2D eigenvalue weighted by Gasteiger charge is -2.19. The van der Waals surface area contributed by atoms with Gasteiger partial charge in [-0.3, -0.25) is 0 Å². The van der Waals surface area contributed by atoms with E-state index in [1.165, 1.54) is 26.2 Å². The van der Waals surface area contributed by atoms with Crippen LogP contribution in [0.2, 0.25) is 0 Å². The third kappa shape index (κ3) is 7.22. The van der Waals surface area contributed by atoms with Crippen molar-refractivity contribution < 1.29 is 19.4 Å². The molecule has 0 aliphatic carbocycles. The van der Waals surface area contributed by atoms with Crippen molar-refractivity contribution in [1.82, 2.24) is 0 Å². The Balaban J connectivity index is 3.88. The Morgan fingerprint density at radius 3 is 2.33 bits per heavy atom. The van der Waals surface area contributed by atoms with E-state index in [1.54, 1.807) is 0 Å². The predicted octanol–water partition coefficient (Wildman–Crippen LogP) is 2.74. The second-order valence-electron chi connectivity index (χ2n) is 4.70. The molecule has 1 unspecified atom stereocenters. The Morgan fingerprint density at radius 1 is 1.22 bits per heavy atom. The molecule has 4 heteroatoms. The maximum Gasteiger partial charge on any atom is 0.345 e. The summed E-state index contributed by atoms with van der Waals surface area (Å²) < 4.78 is 4.41. The molecule has 4 nitrogen and oxygen atoms in total.